The van der Waals surface area contributed by atoms with Crippen LogP contribution in [0.4, 0.5) is 5.13 Å². The lowest BCUT2D eigenvalue weighted by atomic mass is 10.2. The Morgan fingerprint density at radius 1 is 1.03 bits per heavy atom. The number of fused-ring (bicyclic) bond motifs is 1. The quantitative estimate of drug-likeness (QED) is 0.646. The molecule has 8 nitrogen and oxygen atoms in total. The van der Waals surface area contributed by atoms with Gasteiger partial charge in [-0.3, -0.25) is 9.69 Å². The summed E-state index contributed by atoms with van der Waals surface area (Å²) in [5, 5.41) is 5.72. The Kier molecular flexibility index (Phi) is 5.17. The van der Waals surface area contributed by atoms with Crippen LogP contribution in [-0.4, -0.2) is 89.3 Å². The summed E-state index contributed by atoms with van der Waals surface area (Å²) in [7, 11) is 0. The van der Waals surface area contributed by atoms with Crippen molar-refractivity contribution in [1.82, 2.24) is 24.4 Å². The minimum atomic E-state index is 0.211. The minimum absolute atomic E-state index is 0.211. The molecule has 0 N–H and O–H groups in total. The van der Waals surface area contributed by atoms with E-state index in [1.807, 2.05) is 33.8 Å². The van der Waals surface area contributed by atoms with Crippen molar-refractivity contribution in [2.75, 3.05) is 63.9 Å². The second kappa shape index (κ2) is 8.10. The maximum absolute atomic E-state index is 12.4. The Bertz CT molecular complexity index is 942. The van der Waals surface area contributed by atoms with Crippen LogP contribution < -0.4 is 4.90 Å². The first-order chi connectivity index (χ1) is 14.3. The molecule has 3 aromatic rings. The highest BCUT2D eigenvalue weighted by Crippen LogP contribution is 2.27. The number of carbonyl (C=O) groups excluding carboxylic acids is 1. The molecule has 2 saturated heterocycles. The summed E-state index contributed by atoms with van der Waals surface area (Å²) in [6, 6.07) is 10.2. The molecule has 5 rings (SSSR count). The maximum atomic E-state index is 12.4. The number of hydrogen-bond acceptors (Lipinski definition) is 7. The molecule has 0 saturated carbocycles. The molecule has 2 aliphatic rings. The van der Waals surface area contributed by atoms with Crippen LogP contribution in [-0.2, 0) is 9.53 Å². The molecule has 0 spiro atoms. The lowest BCUT2D eigenvalue weighted by Gasteiger charge is -2.35. The van der Waals surface area contributed by atoms with Crippen molar-refractivity contribution in [3.63, 3.8) is 0 Å². The standard InChI is InChI=1S/C20H24N6O2S/c27-18(24-10-12-28-13-11-24)15-23-6-8-25(9-7-23)20-22-26-14-17(21-19(26)29-20)16-4-2-1-3-5-16/h1-5,14H,6-13,15H2. The van der Waals surface area contributed by atoms with Crippen LogP contribution in [0.3, 0.4) is 0 Å². The van der Waals surface area contributed by atoms with Crippen LogP contribution in [0.5, 0.6) is 0 Å². The van der Waals surface area contributed by atoms with Crippen LogP contribution >= 0.6 is 11.3 Å². The van der Waals surface area contributed by atoms with E-state index in [4.69, 9.17) is 14.8 Å². The van der Waals surface area contributed by atoms with E-state index in [0.29, 0.717) is 32.8 Å². The Morgan fingerprint density at radius 3 is 2.52 bits per heavy atom. The van der Waals surface area contributed by atoms with Gasteiger partial charge in [-0.15, -0.1) is 5.10 Å². The smallest absolute Gasteiger partial charge is 0.236 e. The molecule has 29 heavy (non-hydrogen) atoms. The van der Waals surface area contributed by atoms with Crippen LogP contribution in [0.15, 0.2) is 36.5 Å². The zero-order valence-electron chi connectivity index (χ0n) is 16.2. The van der Waals surface area contributed by atoms with E-state index < -0.39 is 0 Å². The van der Waals surface area contributed by atoms with Gasteiger partial charge in [0.2, 0.25) is 16.0 Å². The van der Waals surface area contributed by atoms with Crippen molar-refractivity contribution in [2.24, 2.45) is 0 Å². The van der Waals surface area contributed by atoms with E-state index in [-0.39, 0.29) is 5.91 Å². The first-order valence-electron chi connectivity index (χ1n) is 10.0. The van der Waals surface area contributed by atoms with E-state index in [9.17, 15) is 4.79 Å². The van der Waals surface area contributed by atoms with Gasteiger partial charge < -0.3 is 14.5 Å². The van der Waals surface area contributed by atoms with Gasteiger partial charge in [0.15, 0.2) is 0 Å². The summed E-state index contributed by atoms with van der Waals surface area (Å²) in [6.45, 7) is 6.70. The normalized spacial score (nSPS) is 18.5. The van der Waals surface area contributed by atoms with Crippen LogP contribution in [0.1, 0.15) is 0 Å². The van der Waals surface area contributed by atoms with Crippen molar-refractivity contribution in [1.29, 1.82) is 0 Å². The second-order valence-electron chi connectivity index (χ2n) is 7.36. The van der Waals surface area contributed by atoms with Crippen molar-refractivity contribution < 1.29 is 9.53 Å². The fourth-order valence-corrected chi connectivity index (χ4v) is 4.70. The molecular weight excluding hydrogens is 388 g/mol. The molecule has 4 heterocycles. The van der Waals surface area contributed by atoms with Gasteiger partial charge in [-0.1, -0.05) is 41.7 Å². The van der Waals surface area contributed by atoms with Gasteiger partial charge in [-0.2, -0.15) is 0 Å². The number of anilines is 1. The minimum Gasteiger partial charge on any atom is -0.378 e. The third-order valence-electron chi connectivity index (χ3n) is 5.47. The number of aromatic nitrogens is 3. The highest BCUT2D eigenvalue weighted by atomic mass is 32.1. The third-order valence-corrected chi connectivity index (χ3v) is 6.45. The monoisotopic (exact) mass is 412 g/mol. The number of nitrogens with zero attached hydrogens (tertiary/aromatic N) is 6. The number of rotatable bonds is 4. The maximum Gasteiger partial charge on any atom is 0.236 e. The summed E-state index contributed by atoms with van der Waals surface area (Å²) >= 11 is 1.62. The fraction of sp³-hybridized carbons (Fsp3) is 0.450. The fourth-order valence-electron chi connectivity index (χ4n) is 3.77. The molecular formula is C20H24N6O2S. The Labute approximate surface area is 173 Å². The van der Waals surface area contributed by atoms with Gasteiger partial charge in [0.05, 0.1) is 31.6 Å². The Morgan fingerprint density at radius 2 is 1.79 bits per heavy atom. The predicted molar refractivity (Wildman–Crippen MR) is 112 cm³/mol. The lowest BCUT2D eigenvalue weighted by molar-refractivity contribution is -0.136. The highest BCUT2D eigenvalue weighted by Gasteiger charge is 2.24. The molecule has 1 aromatic carbocycles. The second-order valence-corrected chi connectivity index (χ2v) is 8.29. The van der Waals surface area contributed by atoms with Crippen molar-refractivity contribution in [2.45, 2.75) is 0 Å². The third kappa shape index (κ3) is 3.98. The molecule has 2 aromatic heterocycles. The number of piperazine rings is 1. The topological polar surface area (TPSA) is 66.2 Å². The zero-order chi connectivity index (χ0) is 19.6. The molecule has 2 aliphatic heterocycles. The van der Waals surface area contributed by atoms with Crippen LogP contribution in [0, 0.1) is 0 Å². The van der Waals surface area contributed by atoms with Gasteiger partial charge in [0.25, 0.3) is 0 Å². The van der Waals surface area contributed by atoms with Crippen LogP contribution in [0.2, 0.25) is 0 Å². The zero-order valence-corrected chi connectivity index (χ0v) is 17.1. The molecule has 152 valence electrons. The molecule has 2 fully saturated rings. The molecule has 1 amide bonds. The van der Waals surface area contributed by atoms with E-state index in [1.54, 1.807) is 11.3 Å². The summed E-state index contributed by atoms with van der Waals surface area (Å²) in [4.78, 5) is 24.5. The first kappa shape index (κ1) is 18.5. The average Bonchev–Trinajstić information content (AvgIpc) is 3.35. The predicted octanol–water partition coefficient (Wildman–Crippen LogP) is 1.44. The first-order valence-corrected chi connectivity index (χ1v) is 10.8. The number of ether oxygens (including phenoxy) is 1. The molecule has 0 unspecified atom stereocenters. The molecule has 0 radical (unpaired) electrons. The summed E-state index contributed by atoms with van der Waals surface area (Å²) in [6.07, 6.45) is 1.99. The van der Waals surface area contributed by atoms with Gasteiger partial charge in [-0.05, 0) is 0 Å². The van der Waals surface area contributed by atoms with E-state index in [0.717, 1.165) is 47.5 Å². The summed E-state index contributed by atoms with van der Waals surface area (Å²) in [5.41, 5.74) is 2.05. The highest BCUT2D eigenvalue weighted by molar-refractivity contribution is 7.20. The van der Waals surface area contributed by atoms with Crippen molar-refractivity contribution >= 4 is 27.3 Å². The largest absolute Gasteiger partial charge is 0.378 e. The number of imidazole rings is 1. The van der Waals surface area contributed by atoms with E-state index in [1.165, 1.54) is 0 Å². The molecule has 9 heteroatoms. The summed E-state index contributed by atoms with van der Waals surface area (Å²) < 4.78 is 7.20. The van der Waals surface area contributed by atoms with Gasteiger partial charge in [0.1, 0.15) is 0 Å². The number of morpholine rings is 1. The van der Waals surface area contributed by atoms with Crippen molar-refractivity contribution in [3.8, 4) is 11.3 Å². The number of benzene rings is 1. The van der Waals surface area contributed by atoms with Crippen LogP contribution in [0.25, 0.3) is 16.2 Å². The van der Waals surface area contributed by atoms with E-state index in [2.05, 4.69) is 21.9 Å². The Balaban J connectivity index is 1.19. The number of hydrogen-bond donors (Lipinski definition) is 0. The molecule has 0 aliphatic carbocycles. The SMILES string of the molecule is O=C(CN1CCN(c2nn3cc(-c4ccccc4)nc3s2)CC1)N1CCOCC1. The lowest BCUT2D eigenvalue weighted by Crippen LogP contribution is -2.51. The average molecular weight is 413 g/mol. The molecule has 0 bridgehead atoms. The Hall–Kier alpha value is -2.49. The number of amides is 1. The summed E-state index contributed by atoms with van der Waals surface area (Å²) in [5.74, 6) is 0.211. The number of carbonyl (C=O) groups is 1. The molecule has 0 atom stereocenters. The van der Waals surface area contributed by atoms with Gasteiger partial charge in [-0.25, -0.2) is 9.50 Å². The van der Waals surface area contributed by atoms with Gasteiger partial charge in [0, 0.05) is 44.8 Å². The van der Waals surface area contributed by atoms with E-state index >= 15 is 0 Å². The van der Waals surface area contributed by atoms with Gasteiger partial charge >= 0.3 is 0 Å². The van der Waals surface area contributed by atoms with Crippen molar-refractivity contribution in [3.05, 3.63) is 36.5 Å².